The number of hydrogen-bond donors (Lipinski definition) is 2. The molecule has 100 valence electrons. The van der Waals surface area contributed by atoms with Gasteiger partial charge in [-0.25, -0.2) is 0 Å². The quantitative estimate of drug-likeness (QED) is 0.864. The average Bonchev–Trinajstić information content (AvgIpc) is 2.28. The molecule has 0 aliphatic heterocycles. The molecular weight excluding hydrogens is 250 g/mol. The molecule has 0 bridgehead atoms. The first-order valence-corrected chi connectivity index (χ1v) is 6.50. The van der Waals surface area contributed by atoms with Crippen LogP contribution in [0.1, 0.15) is 36.2 Å². The number of amides is 1. The van der Waals surface area contributed by atoms with E-state index in [1.165, 1.54) is 0 Å². The van der Waals surface area contributed by atoms with Crippen LogP contribution >= 0.6 is 11.6 Å². The van der Waals surface area contributed by atoms with Gasteiger partial charge >= 0.3 is 0 Å². The number of carbonyl (C=O) groups is 1. The maximum Gasteiger partial charge on any atom is 0.251 e. The van der Waals surface area contributed by atoms with Gasteiger partial charge in [0, 0.05) is 17.1 Å². The van der Waals surface area contributed by atoms with Gasteiger partial charge in [0.2, 0.25) is 0 Å². The first kappa shape index (κ1) is 15.0. The van der Waals surface area contributed by atoms with Crippen molar-refractivity contribution in [2.75, 3.05) is 6.54 Å². The highest BCUT2D eigenvalue weighted by molar-refractivity contribution is 6.31. The molecule has 0 fully saturated rings. The Morgan fingerprint density at radius 1 is 1.44 bits per heavy atom. The highest BCUT2D eigenvalue weighted by atomic mass is 35.5. The second kappa shape index (κ2) is 6.76. The van der Waals surface area contributed by atoms with Crippen LogP contribution < -0.4 is 5.32 Å². The lowest BCUT2D eigenvalue weighted by Crippen LogP contribution is -2.29. The molecule has 0 saturated carbocycles. The van der Waals surface area contributed by atoms with Crippen LogP contribution in [0.4, 0.5) is 0 Å². The van der Waals surface area contributed by atoms with Crippen molar-refractivity contribution < 1.29 is 9.90 Å². The van der Waals surface area contributed by atoms with Gasteiger partial charge in [-0.1, -0.05) is 18.5 Å². The highest BCUT2D eigenvalue weighted by Crippen LogP contribution is 2.16. The molecule has 0 aliphatic carbocycles. The number of halogens is 1. The lowest BCUT2D eigenvalue weighted by molar-refractivity contribution is 0.0939. The molecule has 4 heteroatoms. The van der Waals surface area contributed by atoms with Crippen LogP contribution in [0.15, 0.2) is 18.2 Å². The molecule has 1 aromatic rings. The van der Waals surface area contributed by atoms with E-state index in [9.17, 15) is 9.90 Å². The molecule has 0 spiro atoms. The van der Waals surface area contributed by atoms with Crippen molar-refractivity contribution in [2.45, 2.75) is 33.3 Å². The monoisotopic (exact) mass is 269 g/mol. The topological polar surface area (TPSA) is 49.3 Å². The second-order valence-electron chi connectivity index (χ2n) is 4.86. The van der Waals surface area contributed by atoms with Crippen molar-refractivity contribution in [3.63, 3.8) is 0 Å². The largest absolute Gasteiger partial charge is 0.393 e. The van der Waals surface area contributed by atoms with E-state index in [1.807, 2.05) is 13.8 Å². The summed E-state index contributed by atoms with van der Waals surface area (Å²) in [6.07, 6.45) is 0.342. The zero-order valence-electron chi connectivity index (χ0n) is 11.0. The summed E-state index contributed by atoms with van der Waals surface area (Å²) in [5.74, 6) is 0.148. The molecule has 3 nitrogen and oxygen atoms in total. The van der Waals surface area contributed by atoms with Crippen LogP contribution in [-0.2, 0) is 0 Å². The van der Waals surface area contributed by atoms with Crippen molar-refractivity contribution in [2.24, 2.45) is 5.92 Å². The van der Waals surface area contributed by atoms with Crippen LogP contribution in [0.2, 0.25) is 5.02 Å². The van der Waals surface area contributed by atoms with E-state index in [-0.39, 0.29) is 17.9 Å². The van der Waals surface area contributed by atoms with Gasteiger partial charge < -0.3 is 10.4 Å². The van der Waals surface area contributed by atoms with Gasteiger partial charge in [-0.3, -0.25) is 4.79 Å². The van der Waals surface area contributed by atoms with Gasteiger partial charge in [0.15, 0.2) is 0 Å². The van der Waals surface area contributed by atoms with E-state index < -0.39 is 0 Å². The summed E-state index contributed by atoms with van der Waals surface area (Å²) in [7, 11) is 0. The lowest BCUT2D eigenvalue weighted by atomic mass is 10.0. The predicted octanol–water partition coefficient (Wildman–Crippen LogP) is 2.79. The van der Waals surface area contributed by atoms with Gasteiger partial charge in [0.1, 0.15) is 0 Å². The molecule has 18 heavy (non-hydrogen) atoms. The minimum atomic E-state index is -0.338. The fourth-order valence-electron chi connectivity index (χ4n) is 1.82. The van der Waals surface area contributed by atoms with Crippen LogP contribution in [0.5, 0.6) is 0 Å². The van der Waals surface area contributed by atoms with Gasteiger partial charge in [-0.15, -0.1) is 0 Å². The van der Waals surface area contributed by atoms with E-state index in [0.717, 1.165) is 5.56 Å². The maximum atomic E-state index is 11.9. The highest BCUT2D eigenvalue weighted by Gasteiger charge is 2.10. The van der Waals surface area contributed by atoms with E-state index in [1.54, 1.807) is 25.1 Å². The summed E-state index contributed by atoms with van der Waals surface area (Å²) in [4.78, 5) is 11.9. The number of aryl methyl sites for hydroxylation is 1. The normalized spacial score (nSPS) is 14.1. The Balaban J connectivity index is 2.52. The average molecular weight is 270 g/mol. The zero-order valence-corrected chi connectivity index (χ0v) is 11.8. The Hall–Kier alpha value is -1.06. The van der Waals surface area contributed by atoms with Gasteiger partial charge in [-0.05, 0) is 49.9 Å². The number of rotatable bonds is 5. The summed E-state index contributed by atoms with van der Waals surface area (Å²) in [6.45, 7) is 6.18. The fourth-order valence-corrected chi connectivity index (χ4v) is 1.94. The fraction of sp³-hybridized carbons (Fsp3) is 0.500. The maximum absolute atomic E-state index is 11.9. The molecule has 2 N–H and O–H groups in total. The number of nitrogens with one attached hydrogen (secondary N) is 1. The smallest absolute Gasteiger partial charge is 0.251 e. The standard InChI is InChI=1S/C14H20ClNO2/c1-9(6-11(3)17)8-16-14(18)12-4-5-13(15)10(2)7-12/h4-5,7,9,11,17H,6,8H2,1-3H3,(H,16,18). The molecule has 0 saturated heterocycles. The van der Waals surface area contributed by atoms with Crippen molar-refractivity contribution in [1.29, 1.82) is 0 Å². The van der Waals surface area contributed by atoms with Crippen LogP contribution in [0, 0.1) is 12.8 Å². The molecule has 1 rings (SSSR count). The lowest BCUT2D eigenvalue weighted by Gasteiger charge is -2.14. The van der Waals surface area contributed by atoms with Gasteiger partial charge in [-0.2, -0.15) is 0 Å². The molecule has 0 radical (unpaired) electrons. The number of benzene rings is 1. The minimum absolute atomic E-state index is 0.104. The molecule has 2 atom stereocenters. The third-order valence-electron chi connectivity index (χ3n) is 2.77. The molecule has 1 aromatic carbocycles. The number of carbonyl (C=O) groups excluding carboxylic acids is 1. The summed E-state index contributed by atoms with van der Waals surface area (Å²) in [5.41, 5.74) is 1.50. The predicted molar refractivity (Wildman–Crippen MR) is 74.0 cm³/mol. The first-order chi connectivity index (χ1) is 8.40. The Labute approximate surface area is 113 Å². The Kier molecular flexibility index (Phi) is 5.63. The molecule has 0 aliphatic rings. The molecule has 0 aromatic heterocycles. The molecule has 2 unspecified atom stereocenters. The van der Waals surface area contributed by atoms with E-state index >= 15 is 0 Å². The van der Waals surface area contributed by atoms with Gasteiger partial charge in [0.25, 0.3) is 5.91 Å². The van der Waals surface area contributed by atoms with Crippen molar-refractivity contribution >= 4 is 17.5 Å². The van der Waals surface area contributed by atoms with Gasteiger partial charge in [0.05, 0.1) is 6.10 Å². The Bertz CT molecular complexity index is 418. The Morgan fingerprint density at radius 3 is 2.67 bits per heavy atom. The van der Waals surface area contributed by atoms with E-state index in [4.69, 9.17) is 11.6 Å². The van der Waals surface area contributed by atoms with Crippen molar-refractivity contribution in [3.8, 4) is 0 Å². The van der Waals surface area contributed by atoms with Crippen LogP contribution in [0.25, 0.3) is 0 Å². The molecule has 0 heterocycles. The third-order valence-corrected chi connectivity index (χ3v) is 3.20. The Morgan fingerprint density at radius 2 is 2.11 bits per heavy atom. The van der Waals surface area contributed by atoms with E-state index in [0.29, 0.717) is 23.6 Å². The van der Waals surface area contributed by atoms with Crippen LogP contribution in [-0.4, -0.2) is 23.7 Å². The zero-order chi connectivity index (χ0) is 13.7. The van der Waals surface area contributed by atoms with Crippen molar-refractivity contribution in [3.05, 3.63) is 34.3 Å². The summed E-state index contributed by atoms with van der Waals surface area (Å²) < 4.78 is 0. The SMILES string of the molecule is Cc1cc(C(=O)NCC(C)CC(C)O)ccc1Cl. The first-order valence-electron chi connectivity index (χ1n) is 6.12. The van der Waals surface area contributed by atoms with Crippen LogP contribution in [0.3, 0.4) is 0 Å². The summed E-state index contributed by atoms with van der Waals surface area (Å²) in [6, 6.07) is 5.21. The molecule has 1 amide bonds. The number of hydrogen-bond acceptors (Lipinski definition) is 2. The van der Waals surface area contributed by atoms with Crippen molar-refractivity contribution in [1.82, 2.24) is 5.32 Å². The summed E-state index contributed by atoms with van der Waals surface area (Å²) in [5, 5.41) is 12.8. The van der Waals surface area contributed by atoms with E-state index in [2.05, 4.69) is 5.32 Å². The molecular formula is C14H20ClNO2. The number of aliphatic hydroxyl groups excluding tert-OH is 1. The minimum Gasteiger partial charge on any atom is -0.393 e. The third kappa shape index (κ3) is 4.67. The second-order valence-corrected chi connectivity index (χ2v) is 5.27. The number of aliphatic hydroxyl groups is 1. The summed E-state index contributed by atoms with van der Waals surface area (Å²) >= 11 is 5.91.